The number of rotatable bonds is 2. The Morgan fingerprint density at radius 1 is 1.38 bits per heavy atom. The Kier molecular flexibility index (Phi) is 3.80. The van der Waals surface area contributed by atoms with Gasteiger partial charge in [0.05, 0.1) is 10.6 Å². The third-order valence-corrected chi connectivity index (χ3v) is 2.32. The predicted octanol–water partition coefficient (Wildman–Crippen LogP) is 3.39. The highest BCUT2D eigenvalue weighted by molar-refractivity contribution is 6.30. The second kappa shape index (κ2) is 4.59. The van der Waals surface area contributed by atoms with Crippen molar-refractivity contribution >= 4 is 11.6 Å². The van der Waals surface area contributed by atoms with Crippen LogP contribution in [0.15, 0.2) is 12.1 Å². The zero-order chi connectivity index (χ0) is 12.5. The van der Waals surface area contributed by atoms with Crippen molar-refractivity contribution in [1.82, 2.24) is 0 Å². The first-order valence-electron chi connectivity index (χ1n) is 4.53. The maximum Gasteiger partial charge on any atom is 0.416 e. The molecule has 6 heteroatoms. The van der Waals surface area contributed by atoms with Crippen molar-refractivity contribution in [2.45, 2.75) is 25.6 Å². The first kappa shape index (κ1) is 13.3. The third kappa shape index (κ3) is 2.86. The van der Waals surface area contributed by atoms with Crippen LogP contribution >= 0.6 is 11.6 Å². The standard InChI is InChI=1S/C10H10ClF4N/c1-5(16)4-6-7(10(13,14)15)2-3-8(11)9(6)12/h2-3,5H,4,16H2,1H3. The highest BCUT2D eigenvalue weighted by atomic mass is 35.5. The summed E-state index contributed by atoms with van der Waals surface area (Å²) in [5.41, 5.74) is 3.88. The van der Waals surface area contributed by atoms with Crippen molar-refractivity contribution in [2.75, 3.05) is 0 Å². The molecule has 90 valence electrons. The maximum absolute atomic E-state index is 13.5. The SMILES string of the molecule is CC(N)Cc1c(C(F)(F)F)ccc(Cl)c1F. The van der Waals surface area contributed by atoms with Crippen molar-refractivity contribution in [3.63, 3.8) is 0 Å². The van der Waals surface area contributed by atoms with Gasteiger partial charge in [0.1, 0.15) is 5.82 Å². The van der Waals surface area contributed by atoms with E-state index in [-0.39, 0.29) is 11.4 Å². The molecule has 0 radical (unpaired) electrons. The molecular formula is C10H10ClF4N. The van der Waals surface area contributed by atoms with Crippen LogP contribution in [0.4, 0.5) is 17.6 Å². The van der Waals surface area contributed by atoms with Crippen molar-refractivity contribution in [2.24, 2.45) is 5.73 Å². The van der Waals surface area contributed by atoms with Gasteiger partial charge in [-0.1, -0.05) is 11.6 Å². The number of halogens is 5. The Morgan fingerprint density at radius 2 is 1.94 bits per heavy atom. The Labute approximate surface area is 95.2 Å². The molecule has 1 unspecified atom stereocenters. The van der Waals surface area contributed by atoms with E-state index >= 15 is 0 Å². The van der Waals surface area contributed by atoms with Gasteiger partial charge < -0.3 is 5.73 Å². The van der Waals surface area contributed by atoms with Crippen molar-refractivity contribution < 1.29 is 17.6 Å². The Hall–Kier alpha value is -0.810. The van der Waals surface area contributed by atoms with Crippen LogP contribution in [-0.2, 0) is 12.6 Å². The minimum Gasteiger partial charge on any atom is -0.328 e. The van der Waals surface area contributed by atoms with E-state index in [1.165, 1.54) is 6.92 Å². The summed E-state index contributed by atoms with van der Waals surface area (Å²) in [5, 5.41) is -0.330. The molecule has 16 heavy (non-hydrogen) atoms. The molecule has 1 aromatic rings. The molecule has 0 amide bonds. The Bertz CT molecular complexity index is 387. The summed E-state index contributed by atoms with van der Waals surface area (Å²) in [6.45, 7) is 1.50. The summed E-state index contributed by atoms with van der Waals surface area (Å²) in [6.07, 6.45) is -4.81. The van der Waals surface area contributed by atoms with Gasteiger partial charge in [0.25, 0.3) is 0 Å². The van der Waals surface area contributed by atoms with Crippen molar-refractivity contribution in [3.05, 3.63) is 34.1 Å². The quantitative estimate of drug-likeness (QED) is 0.806. The van der Waals surface area contributed by atoms with Crippen LogP contribution < -0.4 is 5.73 Å². The molecule has 0 aliphatic heterocycles. The van der Waals surface area contributed by atoms with Crippen LogP contribution in [0, 0.1) is 5.82 Å². The number of benzene rings is 1. The van der Waals surface area contributed by atoms with Gasteiger partial charge in [-0.05, 0) is 25.5 Å². The van der Waals surface area contributed by atoms with Crippen LogP contribution in [0.1, 0.15) is 18.1 Å². The van der Waals surface area contributed by atoms with Gasteiger partial charge in [0, 0.05) is 11.6 Å². The Morgan fingerprint density at radius 3 is 2.38 bits per heavy atom. The van der Waals surface area contributed by atoms with Crippen molar-refractivity contribution in [1.29, 1.82) is 0 Å². The minimum absolute atomic E-state index is 0.207. The van der Waals surface area contributed by atoms with Gasteiger partial charge >= 0.3 is 6.18 Å². The van der Waals surface area contributed by atoms with Gasteiger partial charge in [-0.3, -0.25) is 0 Å². The van der Waals surface area contributed by atoms with E-state index in [0.29, 0.717) is 0 Å². The fourth-order valence-corrected chi connectivity index (χ4v) is 1.56. The fourth-order valence-electron chi connectivity index (χ4n) is 1.38. The summed E-state index contributed by atoms with van der Waals surface area (Å²) in [5.74, 6) is -1.05. The number of alkyl halides is 3. The molecule has 0 aliphatic rings. The molecule has 1 atom stereocenters. The van der Waals surface area contributed by atoms with Gasteiger partial charge in [-0.15, -0.1) is 0 Å². The van der Waals surface area contributed by atoms with E-state index in [1.54, 1.807) is 0 Å². The second-order valence-corrected chi connectivity index (χ2v) is 3.97. The molecule has 0 saturated heterocycles. The lowest BCUT2D eigenvalue weighted by molar-refractivity contribution is -0.138. The first-order chi connectivity index (χ1) is 7.23. The van der Waals surface area contributed by atoms with Gasteiger partial charge in [-0.2, -0.15) is 13.2 Å². The largest absolute Gasteiger partial charge is 0.416 e. The normalized spacial score (nSPS) is 13.9. The van der Waals surface area contributed by atoms with E-state index < -0.39 is 29.2 Å². The van der Waals surface area contributed by atoms with E-state index in [0.717, 1.165) is 12.1 Å². The molecule has 0 saturated carbocycles. The summed E-state index contributed by atoms with van der Waals surface area (Å²) < 4.78 is 51.1. The van der Waals surface area contributed by atoms with Crippen LogP contribution in [-0.4, -0.2) is 6.04 Å². The lowest BCUT2D eigenvalue weighted by Crippen LogP contribution is -2.22. The zero-order valence-electron chi connectivity index (χ0n) is 8.41. The second-order valence-electron chi connectivity index (χ2n) is 3.57. The van der Waals surface area contributed by atoms with Crippen LogP contribution in [0.2, 0.25) is 5.02 Å². The number of nitrogens with two attached hydrogens (primary N) is 1. The van der Waals surface area contributed by atoms with E-state index in [9.17, 15) is 17.6 Å². The summed E-state index contributed by atoms with van der Waals surface area (Å²) in [6, 6.07) is 1.09. The van der Waals surface area contributed by atoms with Crippen molar-refractivity contribution in [3.8, 4) is 0 Å². The smallest absolute Gasteiger partial charge is 0.328 e. The molecule has 0 fully saturated rings. The molecule has 1 aromatic carbocycles. The molecule has 0 aromatic heterocycles. The summed E-state index contributed by atoms with van der Waals surface area (Å²) in [7, 11) is 0. The monoisotopic (exact) mass is 255 g/mol. The first-order valence-corrected chi connectivity index (χ1v) is 4.91. The van der Waals surface area contributed by atoms with E-state index in [4.69, 9.17) is 17.3 Å². The van der Waals surface area contributed by atoms with Crippen LogP contribution in [0.25, 0.3) is 0 Å². The fraction of sp³-hybridized carbons (Fsp3) is 0.400. The molecule has 0 heterocycles. The lowest BCUT2D eigenvalue weighted by Gasteiger charge is -2.15. The van der Waals surface area contributed by atoms with Gasteiger partial charge in [-0.25, -0.2) is 4.39 Å². The van der Waals surface area contributed by atoms with Crippen LogP contribution in [0.5, 0.6) is 0 Å². The lowest BCUT2D eigenvalue weighted by atomic mass is 10.00. The van der Waals surface area contributed by atoms with Gasteiger partial charge in [0.2, 0.25) is 0 Å². The highest BCUT2D eigenvalue weighted by Gasteiger charge is 2.35. The minimum atomic E-state index is -4.60. The maximum atomic E-state index is 13.5. The molecule has 0 aliphatic carbocycles. The number of hydrogen-bond donors (Lipinski definition) is 1. The highest BCUT2D eigenvalue weighted by Crippen LogP contribution is 2.35. The molecule has 1 rings (SSSR count). The molecule has 1 nitrogen and oxygen atoms in total. The average Bonchev–Trinajstić information content (AvgIpc) is 2.10. The molecule has 0 spiro atoms. The molecular weight excluding hydrogens is 246 g/mol. The molecule has 0 bridgehead atoms. The van der Waals surface area contributed by atoms with E-state index in [1.807, 2.05) is 0 Å². The predicted molar refractivity (Wildman–Crippen MR) is 53.8 cm³/mol. The average molecular weight is 256 g/mol. The summed E-state index contributed by atoms with van der Waals surface area (Å²) >= 11 is 5.44. The number of hydrogen-bond acceptors (Lipinski definition) is 1. The summed E-state index contributed by atoms with van der Waals surface area (Å²) in [4.78, 5) is 0. The van der Waals surface area contributed by atoms with Gasteiger partial charge in [0.15, 0.2) is 0 Å². The molecule has 2 N–H and O–H groups in total. The van der Waals surface area contributed by atoms with Crippen LogP contribution in [0.3, 0.4) is 0 Å². The zero-order valence-corrected chi connectivity index (χ0v) is 9.16. The Balaban J connectivity index is 3.33. The third-order valence-electron chi connectivity index (χ3n) is 2.03. The topological polar surface area (TPSA) is 26.0 Å². The van der Waals surface area contributed by atoms with E-state index in [2.05, 4.69) is 0 Å².